The molecule has 0 fully saturated rings. The Kier molecular flexibility index (Phi) is 4.28. The summed E-state index contributed by atoms with van der Waals surface area (Å²) in [5.74, 6) is -1.32. The Morgan fingerprint density at radius 2 is 2.06 bits per heavy atom. The molecule has 0 aliphatic rings. The highest BCUT2D eigenvalue weighted by Gasteiger charge is 2.17. The van der Waals surface area contributed by atoms with E-state index in [1.54, 1.807) is 0 Å². The van der Waals surface area contributed by atoms with E-state index in [4.69, 9.17) is 16.2 Å². The molecule has 0 spiro atoms. The Morgan fingerprint density at radius 1 is 1.44 bits per heavy atom. The normalized spacial score (nSPS) is 11.8. The minimum atomic E-state index is -1.00. The SMILES string of the molecule is N=C(N)NN[C@@H](Cc1ccccc1)C(=O)O. The van der Waals surface area contributed by atoms with Crippen LogP contribution in [0.25, 0.3) is 0 Å². The van der Waals surface area contributed by atoms with Crippen molar-refractivity contribution in [1.29, 1.82) is 5.41 Å². The second-order valence-electron chi connectivity index (χ2n) is 3.26. The third-order valence-corrected chi connectivity index (χ3v) is 1.96. The van der Waals surface area contributed by atoms with Gasteiger partial charge in [0.25, 0.3) is 0 Å². The maximum absolute atomic E-state index is 10.9. The second-order valence-corrected chi connectivity index (χ2v) is 3.26. The fraction of sp³-hybridized carbons (Fsp3) is 0.200. The summed E-state index contributed by atoms with van der Waals surface area (Å²) in [5, 5.41) is 15.9. The van der Waals surface area contributed by atoms with E-state index < -0.39 is 12.0 Å². The summed E-state index contributed by atoms with van der Waals surface area (Å²) >= 11 is 0. The molecule has 0 aliphatic carbocycles. The number of hydrogen-bond donors (Lipinski definition) is 5. The van der Waals surface area contributed by atoms with Gasteiger partial charge < -0.3 is 10.8 Å². The summed E-state index contributed by atoms with van der Waals surface area (Å²) in [5.41, 5.74) is 10.7. The van der Waals surface area contributed by atoms with Crippen LogP contribution in [-0.4, -0.2) is 23.1 Å². The number of nitrogens with one attached hydrogen (secondary N) is 3. The average Bonchev–Trinajstić information content (AvgIpc) is 2.25. The van der Waals surface area contributed by atoms with Gasteiger partial charge in [0, 0.05) is 6.42 Å². The van der Waals surface area contributed by atoms with Crippen molar-refractivity contribution in [2.45, 2.75) is 12.5 Å². The molecule has 0 amide bonds. The molecule has 0 heterocycles. The lowest BCUT2D eigenvalue weighted by Gasteiger charge is -2.14. The second kappa shape index (κ2) is 5.72. The van der Waals surface area contributed by atoms with Crippen molar-refractivity contribution >= 4 is 11.9 Å². The number of hydrogen-bond acceptors (Lipinski definition) is 3. The van der Waals surface area contributed by atoms with Gasteiger partial charge in [-0.3, -0.25) is 15.6 Å². The maximum atomic E-state index is 10.9. The van der Waals surface area contributed by atoms with Crippen LogP contribution in [0, 0.1) is 5.41 Å². The first-order valence-electron chi connectivity index (χ1n) is 4.72. The van der Waals surface area contributed by atoms with Crippen molar-refractivity contribution in [1.82, 2.24) is 10.9 Å². The molecule has 0 aliphatic heterocycles. The van der Waals surface area contributed by atoms with Crippen molar-refractivity contribution < 1.29 is 9.90 Å². The molecule has 0 radical (unpaired) electrons. The van der Waals surface area contributed by atoms with Crippen molar-refractivity contribution in [2.75, 3.05) is 0 Å². The molecular weight excluding hydrogens is 208 g/mol. The van der Waals surface area contributed by atoms with E-state index >= 15 is 0 Å². The lowest BCUT2D eigenvalue weighted by atomic mass is 10.1. The largest absolute Gasteiger partial charge is 0.480 e. The van der Waals surface area contributed by atoms with Crippen molar-refractivity contribution in [2.24, 2.45) is 5.73 Å². The van der Waals surface area contributed by atoms with Crippen molar-refractivity contribution in [3.8, 4) is 0 Å². The average molecular weight is 222 g/mol. The van der Waals surface area contributed by atoms with E-state index in [-0.39, 0.29) is 5.96 Å². The predicted octanol–water partition coefficient (Wildman–Crippen LogP) is -0.330. The Balaban J connectivity index is 2.58. The Bertz CT molecular complexity index is 366. The van der Waals surface area contributed by atoms with Gasteiger partial charge in [-0.2, -0.15) is 0 Å². The van der Waals surface area contributed by atoms with Gasteiger partial charge >= 0.3 is 5.97 Å². The summed E-state index contributed by atoms with van der Waals surface area (Å²) in [4.78, 5) is 10.9. The van der Waals surface area contributed by atoms with Gasteiger partial charge in [0.05, 0.1) is 0 Å². The number of benzene rings is 1. The summed E-state index contributed by atoms with van der Waals surface area (Å²) in [6.07, 6.45) is 0.316. The number of guanidine groups is 1. The molecule has 1 aromatic rings. The highest BCUT2D eigenvalue weighted by Crippen LogP contribution is 2.02. The van der Waals surface area contributed by atoms with E-state index in [2.05, 4.69) is 10.9 Å². The van der Waals surface area contributed by atoms with E-state index in [1.807, 2.05) is 30.3 Å². The smallest absolute Gasteiger partial charge is 0.322 e. The number of nitrogens with two attached hydrogens (primary N) is 1. The standard InChI is InChI=1S/C10H14N4O2/c11-10(12)14-13-8(9(15)16)6-7-4-2-1-3-5-7/h1-5,8,13H,6H2,(H,15,16)(H4,11,12,14)/t8-/m0/s1. The molecule has 0 aromatic heterocycles. The number of carboxylic acids is 1. The fourth-order valence-corrected chi connectivity index (χ4v) is 1.21. The van der Waals surface area contributed by atoms with E-state index in [0.717, 1.165) is 5.56 Å². The molecule has 0 saturated carbocycles. The summed E-state index contributed by atoms with van der Waals surface area (Å²) in [6.45, 7) is 0. The van der Waals surface area contributed by atoms with Gasteiger partial charge in [0.15, 0.2) is 5.96 Å². The zero-order valence-corrected chi connectivity index (χ0v) is 8.60. The van der Waals surface area contributed by atoms with Crippen LogP contribution in [0.5, 0.6) is 0 Å². The van der Waals surface area contributed by atoms with Crippen LogP contribution in [0.15, 0.2) is 30.3 Å². The minimum absolute atomic E-state index is 0.316. The Labute approximate surface area is 92.9 Å². The van der Waals surface area contributed by atoms with Crippen LogP contribution in [-0.2, 0) is 11.2 Å². The molecule has 1 rings (SSSR count). The first-order valence-corrected chi connectivity index (χ1v) is 4.72. The quantitative estimate of drug-likeness (QED) is 0.266. The molecule has 6 heteroatoms. The molecule has 16 heavy (non-hydrogen) atoms. The molecule has 0 saturated heterocycles. The number of carbonyl (C=O) groups is 1. The summed E-state index contributed by atoms with van der Waals surface area (Å²) in [7, 11) is 0. The Hall–Kier alpha value is -2.08. The van der Waals surface area contributed by atoms with Gasteiger partial charge in [0.1, 0.15) is 6.04 Å². The molecule has 6 nitrogen and oxygen atoms in total. The molecule has 1 atom stereocenters. The number of aliphatic carboxylic acids is 1. The fourth-order valence-electron chi connectivity index (χ4n) is 1.21. The van der Waals surface area contributed by atoms with Gasteiger partial charge in [-0.1, -0.05) is 30.3 Å². The topological polar surface area (TPSA) is 111 Å². The van der Waals surface area contributed by atoms with Crippen LogP contribution in [0.4, 0.5) is 0 Å². The molecule has 1 aromatic carbocycles. The molecular formula is C10H14N4O2. The number of hydrazine groups is 1. The van der Waals surface area contributed by atoms with Crippen LogP contribution < -0.4 is 16.6 Å². The molecule has 0 bridgehead atoms. The predicted molar refractivity (Wildman–Crippen MR) is 59.8 cm³/mol. The van der Waals surface area contributed by atoms with Gasteiger partial charge in [-0.15, -0.1) is 0 Å². The first kappa shape index (κ1) is 12.0. The van der Waals surface area contributed by atoms with Crippen molar-refractivity contribution in [3.05, 3.63) is 35.9 Å². The zero-order valence-electron chi connectivity index (χ0n) is 8.60. The first-order chi connectivity index (χ1) is 7.59. The van der Waals surface area contributed by atoms with Crippen LogP contribution in [0.2, 0.25) is 0 Å². The van der Waals surface area contributed by atoms with E-state index in [1.165, 1.54) is 0 Å². The maximum Gasteiger partial charge on any atom is 0.322 e. The van der Waals surface area contributed by atoms with Crippen molar-refractivity contribution in [3.63, 3.8) is 0 Å². The van der Waals surface area contributed by atoms with Gasteiger partial charge in [0.2, 0.25) is 0 Å². The third-order valence-electron chi connectivity index (χ3n) is 1.96. The van der Waals surface area contributed by atoms with Crippen LogP contribution in [0.1, 0.15) is 5.56 Å². The van der Waals surface area contributed by atoms with E-state index in [0.29, 0.717) is 6.42 Å². The number of rotatable bonds is 5. The summed E-state index contributed by atoms with van der Waals surface area (Å²) < 4.78 is 0. The third kappa shape index (κ3) is 3.97. The highest BCUT2D eigenvalue weighted by molar-refractivity contribution is 5.76. The van der Waals surface area contributed by atoms with Crippen LogP contribution >= 0.6 is 0 Å². The van der Waals surface area contributed by atoms with E-state index in [9.17, 15) is 4.79 Å². The monoisotopic (exact) mass is 222 g/mol. The number of carboxylic acid groups (broad SMARTS) is 1. The zero-order chi connectivity index (χ0) is 12.0. The molecule has 0 unspecified atom stereocenters. The lowest BCUT2D eigenvalue weighted by molar-refractivity contribution is -0.139. The summed E-state index contributed by atoms with van der Waals surface area (Å²) in [6, 6.07) is 8.39. The Morgan fingerprint density at radius 3 is 2.56 bits per heavy atom. The van der Waals surface area contributed by atoms with Gasteiger partial charge in [-0.05, 0) is 5.56 Å². The lowest BCUT2D eigenvalue weighted by Crippen LogP contribution is -2.51. The molecule has 86 valence electrons. The van der Waals surface area contributed by atoms with Crippen LogP contribution in [0.3, 0.4) is 0 Å². The molecule has 6 N–H and O–H groups in total. The van der Waals surface area contributed by atoms with Gasteiger partial charge in [-0.25, -0.2) is 5.43 Å². The highest BCUT2D eigenvalue weighted by atomic mass is 16.4. The minimum Gasteiger partial charge on any atom is -0.480 e.